The first kappa shape index (κ1) is 13.4. The molecular weight excluding hydrogens is 224 g/mol. The highest BCUT2D eigenvalue weighted by molar-refractivity contribution is 5.37. The van der Waals surface area contributed by atoms with Gasteiger partial charge in [0.2, 0.25) is 0 Å². The third kappa shape index (κ3) is 3.05. The van der Waals surface area contributed by atoms with Gasteiger partial charge in [-0.15, -0.1) is 0 Å². The first-order valence-electron chi connectivity index (χ1n) is 6.88. The Morgan fingerprint density at radius 2 is 2.22 bits per heavy atom. The van der Waals surface area contributed by atoms with Crippen molar-refractivity contribution in [3.8, 4) is 5.75 Å². The molecule has 1 N–H and O–H groups in total. The summed E-state index contributed by atoms with van der Waals surface area (Å²) in [7, 11) is 1.70. The molecule has 18 heavy (non-hydrogen) atoms. The van der Waals surface area contributed by atoms with E-state index in [1.165, 1.54) is 12.0 Å². The quantitative estimate of drug-likeness (QED) is 0.887. The minimum Gasteiger partial charge on any atom is -0.496 e. The molecule has 1 aliphatic carbocycles. The van der Waals surface area contributed by atoms with Crippen LogP contribution in [0.5, 0.6) is 5.75 Å². The van der Waals surface area contributed by atoms with Crippen LogP contribution in [-0.2, 0) is 6.42 Å². The van der Waals surface area contributed by atoms with Crippen molar-refractivity contribution in [1.82, 2.24) is 0 Å². The Bertz CT molecular complexity index is 414. The lowest BCUT2D eigenvalue weighted by molar-refractivity contribution is -0.0127. The molecule has 2 unspecified atom stereocenters. The molecule has 2 nitrogen and oxygen atoms in total. The lowest BCUT2D eigenvalue weighted by Gasteiger charge is -2.36. The zero-order valence-corrected chi connectivity index (χ0v) is 11.7. The number of rotatable bonds is 3. The number of aliphatic hydroxyl groups is 1. The van der Waals surface area contributed by atoms with Crippen LogP contribution in [-0.4, -0.2) is 17.8 Å². The molecular formula is C16H24O2. The Morgan fingerprint density at radius 1 is 1.44 bits per heavy atom. The number of aryl methyl sites for hydroxylation is 1. The van der Waals surface area contributed by atoms with Crippen molar-refractivity contribution in [2.24, 2.45) is 5.92 Å². The van der Waals surface area contributed by atoms with Gasteiger partial charge in [-0.3, -0.25) is 0 Å². The van der Waals surface area contributed by atoms with Crippen molar-refractivity contribution in [3.63, 3.8) is 0 Å². The topological polar surface area (TPSA) is 29.5 Å². The van der Waals surface area contributed by atoms with Gasteiger partial charge in [0.1, 0.15) is 5.75 Å². The average Bonchev–Trinajstić information content (AvgIpc) is 2.28. The summed E-state index contributed by atoms with van der Waals surface area (Å²) in [4.78, 5) is 0. The molecule has 0 aliphatic heterocycles. The normalized spacial score (nSPS) is 28.1. The first-order chi connectivity index (χ1) is 8.52. The summed E-state index contributed by atoms with van der Waals surface area (Å²) in [6.07, 6.45) is 4.90. The lowest BCUT2D eigenvalue weighted by Crippen LogP contribution is -2.36. The zero-order chi connectivity index (χ0) is 13.2. The molecule has 1 aliphatic rings. The largest absolute Gasteiger partial charge is 0.496 e. The van der Waals surface area contributed by atoms with Gasteiger partial charge in [0.05, 0.1) is 12.7 Å². The number of benzene rings is 1. The van der Waals surface area contributed by atoms with Gasteiger partial charge in [-0.05, 0) is 37.3 Å². The minimum absolute atomic E-state index is 0.543. The highest BCUT2D eigenvalue weighted by atomic mass is 16.5. The van der Waals surface area contributed by atoms with Crippen LogP contribution >= 0.6 is 0 Å². The number of hydrogen-bond donors (Lipinski definition) is 1. The zero-order valence-electron chi connectivity index (χ0n) is 11.7. The molecule has 0 radical (unpaired) electrons. The van der Waals surface area contributed by atoms with Crippen molar-refractivity contribution in [3.05, 3.63) is 29.3 Å². The summed E-state index contributed by atoms with van der Waals surface area (Å²) < 4.78 is 5.40. The van der Waals surface area contributed by atoms with E-state index in [2.05, 4.69) is 26.0 Å². The fourth-order valence-electron chi connectivity index (χ4n) is 3.19. The van der Waals surface area contributed by atoms with Crippen molar-refractivity contribution >= 4 is 0 Å². The van der Waals surface area contributed by atoms with E-state index in [-0.39, 0.29) is 0 Å². The van der Waals surface area contributed by atoms with E-state index < -0.39 is 5.60 Å². The summed E-state index contributed by atoms with van der Waals surface area (Å²) >= 11 is 0. The summed E-state index contributed by atoms with van der Waals surface area (Å²) in [5.41, 5.74) is 1.81. The number of methoxy groups -OCH3 is 1. The number of hydrogen-bond acceptors (Lipinski definition) is 2. The Hall–Kier alpha value is -1.02. The van der Waals surface area contributed by atoms with E-state index in [9.17, 15) is 5.11 Å². The molecule has 1 aromatic carbocycles. The average molecular weight is 248 g/mol. The Balaban J connectivity index is 2.19. The second kappa shape index (κ2) is 5.31. The standard InChI is InChI=1S/C16H24O2/c1-12-6-7-15(18-3)14(9-12)11-16(17)8-4-5-13(2)10-16/h6-7,9,13,17H,4-5,8,10-11H2,1-3H3. The summed E-state index contributed by atoms with van der Waals surface area (Å²) in [6, 6.07) is 6.19. The summed E-state index contributed by atoms with van der Waals surface area (Å²) in [6.45, 7) is 4.31. The molecule has 0 heterocycles. The smallest absolute Gasteiger partial charge is 0.122 e. The van der Waals surface area contributed by atoms with Crippen molar-refractivity contribution in [2.45, 2.75) is 51.6 Å². The SMILES string of the molecule is COc1ccc(C)cc1CC1(O)CCCC(C)C1. The van der Waals surface area contributed by atoms with Crippen LogP contribution in [0.3, 0.4) is 0 Å². The number of ether oxygens (including phenoxy) is 1. The van der Waals surface area contributed by atoms with E-state index in [1.54, 1.807) is 7.11 Å². The minimum atomic E-state index is -0.543. The van der Waals surface area contributed by atoms with Crippen molar-refractivity contribution < 1.29 is 9.84 Å². The van der Waals surface area contributed by atoms with Crippen LogP contribution < -0.4 is 4.74 Å². The van der Waals surface area contributed by atoms with Gasteiger partial charge in [0, 0.05) is 6.42 Å². The van der Waals surface area contributed by atoms with Crippen LogP contribution in [0.15, 0.2) is 18.2 Å². The van der Waals surface area contributed by atoms with Gasteiger partial charge >= 0.3 is 0 Å². The van der Waals surface area contributed by atoms with Crippen LogP contribution in [0.4, 0.5) is 0 Å². The molecule has 2 atom stereocenters. The van der Waals surface area contributed by atoms with E-state index in [4.69, 9.17) is 4.74 Å². The van der Waals surface area contributed by atoms with Gasteiger partial charge in [-0.25, -0.2) is 0 Å². The van der Waals surface area contributed by atoms with Crippen molar-refractivity contribution in [1.29, 1.82) is 0 Å². The first-order valence-corrected chi connectivity index (χ1v) is 6.88. The van der Waals surface area contributed by atoms with E-state index >= 15 is 0 Å². The highest BCUT2D eigenvalue weighted by Crippen LogP contribution is 2.36. The fourth-order valence-corrected chi connectivity index (χ4v) is 3.19. The Morgan fingerprint density at radius 3 is 2.89 bits per heavy atom. The molecule has 0 bridgehead atoms. The maximum Gasteiger partial charge on any atom is 0.122 e. The van der Waals surface area contributed by atoms with Crippen LogP contribution in [0, 0.1) is 12.8 Å². The summed E-state index contributed by atoms with van der Waals surface area (Å²) in [5, 5.41) is 10.8. The van der Waals surface area contributed by atoms with E-state index in [0.29, 0.717) is 12.3 Å². The highest BCUT2D eigenvalue weighted by Gasteiger charge is 2.33. The monoisotopic (exact) mass is 248 g/mol. The molecule has 1 aromatic rings. The third-order valence-corrected chi connectivity index (χ3v) is 4.02. The van der Waals surface area contributed by atoms with Gasteiger partial charge < -0.3 is 9.84 Å². The second-order valence-electron chi connectivity index (χ2n) is 5.92. The van der Waals surface area contributed by atoms with Gasteiger partial charge in [0.25, 0.3) is 0 Å². The third-order valence-electron chi connectivity index (χ3n) is 4.02. The Kier molecular flexibility index (Phi) is 3.96. The molecule has 1 saturated carbocycles. The molecule has 1 fully saturated rings. The van der Waals surface area contributed by atoms with E-state index in [0.717, 1.165) is 30.6 Å². The molecule has 0 amide bonds. The molecule has 2 rings (SSSR count). The predicted molar refractivity (Wildman–Crippen MR) is 74.0 cm³/mol. The maximum atomic E-state index is 10.8. The van der Waals surface area contributed by atoms with E-state index in [1.807, 2.05) is 6.07 Å². The molecule has 0 aromatic heterocycles. The van der Waals surface area contributed by atoms with Crippen LogP contribution in [0.2, 0.25) is 0 Å². The lowest BCUT2D eigenvalue weighted by atomic mass is 9.75. The summed E-state index contributed by atoms with van der Waals surface area (Å²) in [5.74, 6) is 1.52. The van der Waals surface area contributed by atoms with Crippen LogP contribution in [0.25, 0.3) is 0 Å². The van der Waals surface area contributed by atoms with Gasteiger partial charge in [0.15, 0.2) is 0 Å². The van der Waals surface area contributed by atoms with Crippen molar-refractivity contribution in [2.75, 3.05) is 7.11 Å². The molecule has 0 saturated heterocycles. The van der Waals surface area contributed by atoms with Gasteiger partial charge in [-0.2, -0.15) is 0 Å². The van der Waals surface area contributed by atoms with Gasteiger partial charge in [-0.1, -0.05) is 37.5 Å². The van der Waals surface area contributed by atoms with Crippen LogP contribution in [0.1, 0.15) is 43.7 Å². The molecule has 0 spiro atoms. The maximum absolute atomic E-state index is 10.8. The second-order valence-corrected chi connectivity index (χ2v) is 5.92. The predicted octanol–water partition coefficient (Wildman–Crippen LogP) is 3.49. The Labute approximate surface area is 110 Å². The molecule has 100 valence electrons. The molecule has 2 heteroatoms. The fraction of sp³-hybridized carbons (Fsp3) is 0.625.